The summed E-state index contributed by atoms with van der Waals surface area (Å²) in [6.07, 6.45) is 1.16. The topological polar surface area (TPSA) is 70.1 Å². The fourth-order valence-electron chi connectivity index (χ4n) is 1.63. The Morgan fingerprint density at radius 1 is 1.56 bits per heavy atom. The van der Waals surface area contributed by atoms with Gasteiger partial charge in [-0.3, -0.25) is 4.79 Å². The minimum absolute atomic E-state index is 0.0340. The molecule has 0 heterocycles. The van der Waals surface area contributed by atoms with Crippen LogP contribution in [0.4, 0.5) is 0 Å². The van der Waals surface area contributed by atoms with Crippen molar-refractivity contribution in [2.24, 2.45) is 5.73 Å². The van der Waals surface area contributed by atoms with Crippen molar-refractivity contribution in [1.82, 2.24) is 4.90 Å². The molecule has 0 fully saturated rings. The summed E-state index contributed by atoms with van der Waals surface area (Å²) in [5.74, 6) is 0.0340. The van der Waals surface area contributed by atoms with Crippen LogP contribution in [0.3, 0.4) is 0 Å². The van der Waals surface area contributed by atoms with E-state index in [9.17, 15) is 4.79 Å². The van der Waals surface area contributed by atoms with Gasteiger partial charge in [-0.15, -0.1) is 0 Å². The van der Waals surface area contributed by atoms with E-state index in [0.29, 0.717) is 18.5 Å². The highest BCUT2D eigenvalue weighted by molar-refractivity contribution is 5.76. The van der Waals surface area contributed by atoms with Crippen molar-refractivity contribution in [3.05, 3.63) is 35.4 Å². The lowest BCUT2D eigenvalue weighted by atomic mass is 10.1. The lowest BCUT2D eigenvalue weighted by Crippen LogP contribution is -2.32. The van der Waals surface area contributed by atoms with Gasteiger partial charge in [-0.1, -0.05) is 19.1 Å². The SMILES string of the molecule is CCC(N)CC(=O)N(C)Cc1cccc(C#N)c1. The first-order chi connectivity index (χ1) is 8.56. The molecule has 4 heteroatoms. The number of nitriles is 1. The molecule has 1 aromatic carbocycles. The average molecular weight is 245 g/mol. The first kappa shape index (κ1) is 14.2. The van der Waals surface area contributed by atoms with Crippen molar-refractivity contribution in [1.29, 1.82) is 5.26 Å². The summed E-state index contributed by atoms with van der Waals surface area (Å²) in [6, 6.07) is 9.28. The minimum Gasteiger partial charge on any atom is -0.341 e. The molecule has 2 N–H and O–H groups in total. The van der Waals surface area contributed by atoms with Crippen molar-refractivity contribution < 1.29 is 4.79 Å². The summed E-state index contributed by atoms with van der Waals surface area (Å²) >= 11 is 0. The number of carbonyl (C=O) groups is 1. The van der Waals surface area contributed by atoms with E-state index in [1.807, 2.05) is 19.1 Å². The second-order valence-electron chi connectivity index (χ2n) is 4.43. The first-order valence-corrected chi connectivity index (χ1v) is 6.05. The Balaban J connectivity index is 2.61. The van der Waals surface area contributed by atoms with Gasteiger partial charge in [-0.2, -0.15) is 5.26 Å². The van der Waals surface area contributed by atoms with Crippen molar-refractivity contribution in [2.45, 2.75) is 32.4 Å². The number of rotatable bonds is 5. The Labute approximate surface area is 108 Å². The fraction of sp³-hybridized carbons (Fsp3) is 0.429. The predicted octanol–water partition coefficient (Wildman–Crippen LogP) is 1.64. The average Bonchev–Trinajstić information content (AvgIpc) is 2.38. The monoisotopic (exact) mass is 245 g/mol. The Bertz CT molecular complexity index is 451. The van der Waals surface area contributed by atoms with Crippen LogP contribution >= 0.6 is 0 Å². The minimum atomic E-state index is -0.0783. The highest BCUT2D eigenvalue weighted by atomic mass is 16.2. The number of carbonyl (C=O) groups excluding carboxylic acids is 1. The van der Waals surface area contributed by atoms with E-state index < -0.39 is 0 Å². The van der Waals surface area contributed by atoms with Crippen molar-refractivity contribution >= 4 is 5.91 Å². The third-order valence-electron chi connectivity index (χ3n) is 2.86. The highest BCUT2D eigenvalue weighted by Gasteiger charge is 2.12. The van der Waals surface area contributed by atoms with Gasteiger partial charge in [0.1, 0.15) is 0 Å². The highest BCUT2D eigenvalue weighted by Crippen LogP contribution is 2.08. The van der Waals surface area contributed by atoms with E-state index in [0.717, 1.165) is 12.0 Å². The van der Waals surface area contributed by atoms with E-state index in [1.54, 1.807) is 24.1 Å². The van der Waals surface area contributed by atoms with Crippen LogP contribution in [0, 0.1) is 11.3 Å². The zero-order valence-electron chi connectivity index (χ0n) is 10.9. The van der Waals surface area contributed by atoms with Crippen LogP contribution in [-0.2, 0) is 11.3 Å². The lowest BCUT2D eigenvalue weighted by Gasteiger charge is -2.19. The smallest absolute Gasteiger partial charge is 0.224 e. The summed E-state index contributed by atoms with van der Waals surface area (Å²) in [5, 5.41) is 8.81. The molecule has 1 amide bonds. The quantitative estimate of drug-likeness (QED) is 0.857. The molecule has 0 saturated heterocycles. The number of amides is 1. The van der Waals surface area contributed by atoms with Crippen molar-refractivity contribution in [3.63, 3.8) is 0 Å². The summed E-state index contributed by atoms with van der Waals surface area (Å²) in [7, 11) is 1.75. The predicted molar refractivity (Wildman–Crippen MR) is 70.5 cm³/mol. The van der Waals surface area contributed by atoms with Gasteiger partial charge in [0.05, 0.1) is 11.6 Å². The molecule has 4 nitrogen and oxygen atoms in total. The fourth-order valence-corrected chi connectivity index (χ4v) is 1.63. The third kappa shape index (κ3) is 4.19. The standard InChI is InChI=1S/C14H19N3O/c1-3-13(16)8-14(18)17(2)10-12-6-4-5-11(7-12)9-15/h4-7,13H,3,8,10,16H2,1-2H3. The summed E-state index contributed by atoms with van der Waals surface area (Å²) < 4.78 is 0. The second kappa shape index (κ2) is 6.77. The van der Waals surface area contributed by atoms with Crippen LogP contribution in [0.2, 0.25) is 0 Å². The Kier molecular flexibility index (Phi) is 5.34. The molecule has 1 unspecified atom stereocenters. The zero-order valence-corrected chi connectivity index (χ0v) is 10.9. The number of nitrogens with two attached hydrogens (primary N) is 1. The molecule has 0 aliphatic heterocycles. The van der Waals surface area contributed by atoms with Gasteiger partial charge < -0.3 is 10.6 Å². The second-order valence-corrected chi connectivity index (χ2v) is 4.43. The molecule has 0 spiro atoms. The maximum atomic E-state index is 11.9. The Hall–Kier alpha value is -1.86. The molecule has 0 aromatic heterocycles. The van der Waals surface area contributed by atoms with Crippen LogP contribution in [0.25, 0.3) is 0 Å². The van der Waals surface area contributed by atoms with Crippen LogP contribution in [0.15, 0.2) is 24.3 Å². The molecule has 18 heavy (non-hydrogen) atoms. The maximum absolute atomic E-state index is 11.9. The van der Waals surface area contributed by atoms with E-state index in [2.05, 4.69) is 6.07 Å². The molecule has 96 valence electrons. The normalized spacial score (nSPS) is 11.7. The molecule has 0 bridgehead atoms. The third-order valence-corrected chi connectivity index (χ3v) is 2.86. The van der Waals surface area contributed by atoms with Gasteiger partial charge in [0.25, 0.3) is 0 Å². The van der Waals surface area contributed by atoms with E-state index >= 15 is 0 Å². The van der Waals surface area contributed by atoms with E-state index in [4.69, 9.17) is 11.0 Å². The number of hydrogen-bond acceptors (Lipinski definition) is 3. The van der Waals surface area contributed by atoms with Crippen LogP contribution in [-0.4, -0.2) is 23.9 Å². The van der Waals surface area contributed by atoms with Gasteiger partial charge in [0.15, 0.2) is 0 Å². The van der Waals surface area contributed by atoms with Gasteiger partial charge in [-0.25, -0.2) is 0 Å². The van der Waals surface area contributed by atoms with Gasteiger partial charge in [0, 0.05) is 26.1 Å². The molecule has 1 rings (SSSR count). The molecule has 0 aliphatic carbocycles. The van der Waals surface area contributed by atoms with Crippen molar-refractivity contribution in [3.8, 4) is 6.07 Å². The van der Waals surface area contributed by atoms with Crippen molar-refractivity contribution in [2.75, 3.05) is 7.05 Å². The summed E-state index contributed by atoms with van der Waals surface area (Å²) in [5.41, 5.74) is 7.32. The molecular formula is C14H19N3O. The molecule has 1 atom stereocenters. The molecule has 0 aliphatic rings. The van der Waals surface area contributed by atoms with Crippen LogP contribution in [0.1, 0.15) is 30.9 Å². The Morgan fingerprint density at radius 3 is 2.89 bits per heavy atom. The molecule has 0 saturated carbocycles. The van der Waals surface area contributed by atoms with E-state index in [1.165, 1.54) is 0 Å². The van der Waals surface area contributed by atoms with Gasteiger partial charge >= 0.3 is 0 Å². The summed E-state index contributed by atoms with van der Waals surface area (Å²) in [4.78, 5) is 13.5. The number of hydrogen-bond donors (Lipinski definition) is 1. The molecule has 0 radical (unpaired) electrons. The zero-order chi connectivity index (χ0) is 13.5. The Morgan fingerprint density at radius 2 is 2.28 bits per heavy atom. The first-order valence-electron chi connectivity index (χ1n) is 6.05. The largest absolute Gasteiger partial charge is 0.341 e. The number of nitrogens with zero attached hydrogens (tertiary/aromatic N) is 2. The van der Waals surface area contributed by atoms with Gasteiger partial charge in [0.2, 0.25) is 5.91 Å². The number of benzene rings is 1. The molecular weight excluding hydrogens is 226 g/mol. The van der Waals surface area contributed by atoms with E-state index in [-0.39, 0.29) is 11.9 Å². The van der Waals surface area contributed by atoms with Crippen LogP contribution < -0.4 is 5.73 Å². The molecule has 1 aromatic rings. The lowest BCUT2D eigenvalue weighted by molar-refractivity contribution is -0.130. The maximum Gasteiger partial charge on any atom is 0.224 e. The van der Waals surface area contributed by atoms with Gasteiger partial charge in [-0.05, 0) is 24.1 Å². The summed E-state index contributed by atoms with van der Waals surface area (Å²) in [6.45, 7) is 2.47. The van der Waals surface area contributed by atoms with Crippen LogP contribution in [0.5, 0.6) is 0 Å².